The number of hydrogen-bond donors (Lipinski definition) is 10. The maximum absolute atomic E-state index is 14.9. The Balaban J connectivity index is 1.93. The lowest BCUT2D eigenvalue weighted by molar-refractivity contribution is -0.360. The fraction of sp³-hybridized carbons (Fsp3) is 0.911. The molecular formula is C90H165O25P. The van der Waals surface area contributed by atoms with E-state index < -0.39 is 162 Å². The number of aliphatic hydroxyl groups is 9. The van der Waals surface area contributed by atoms with Crippen LogP contribution < -0.4 is 0 Å². The Hall–Kier alpha value is -3.05. The summed E-state index contributed by atoms with van der Waals surface area (Å²) in [6, 6.07) is 0. The van der Waals surface area contributed by atoms with Gasteiger partial charge in [0.2, 0.25) is 0 Å². The molecule has 25 nitrogen and oxygen atoms in total. The van der Waals surface area contributed by atoms with E-state index in [1.807, 2.05) is 0 Å². The number of allylic oxidation sites excluding steroid dienone is 4. The second-order valence-electron chi connectivity index (χ2n) is 33.4. The van der Waals surface area contributed by atoms with Crippen LogP contribution >= 0.6 is 7.82 Å². The molecule has 0 aromatic heterocycles. The number of hydrogen-bond acceptors (Lipinski definition) is 24. The minimum Gasteiger partial charge on any atom is -0.463 e. The SMILES string of the molecule is CCCCCC/C=C\CCCCCCCCCC(=O)OC(COC(=O)CCCCCCCCC(C)CCCCCCCC)COP(=O)(O)OC1C(OC2OC(CO)C(O)C(O)C2O)C(O)C(O)C(OC(=O)CCCCCCCCCCCCCCC)C1OC1OC(COC(=O)CCCCC/C=C\CCCCCCCC)C(O)C(O)C1O. The van der Waals surface area contributed by atoms with E-state index in [0.29, 0.717) is 50.9 Å². The first-order valence-electron chi connectivity index (χ1n) is 46.5. The minimum absolute atomic E-state index is 0.00604. The Labute approximate surface area is 698 Å². The largest absolute Gasteiger partial charge is 0.472 e. The van der Waals surface area contributed by atoms with Gasteiger partial charge in [0.1, 0.15) is 92.6 Å². The highest BCUT2D eigenvalue weighted by Crippen LogP contribution is 2.49. The molecule has 26 heteroatoms. The van der Waals surface area contributed by atoms with Crippen LogP contribution in [0.3, 0.4) is 0 Å². The molecule has 0 spiro atoms. The molecule has 1 saturated carbocycles. The summed E-state index contributed by atoms with van der Waals surface area (Å²) in [4.78, 5) is 66.4. The molecule has 2 aliphatic heterocycles. The normalized spacial score (nSPS) is 25.5. The van der Waals surface area contributed by atoms with Gasteiger partial charge >= 0.3 is 31.7 Å². The minimum atomic E-state index is -5.81. The van der Waals surface area contributed by atoms with Crippen molar-refractivity contribution in [2.75, 3.05) is 26.4 Å². The molecule has 3 aliphatic rings. The van der Waals surface area contributed by atoms with Crippen LogP contribution in [0.1, 0.15) is 388 Å². The van der Waals surface area contributed by atoms with E-state index in [1.54, 1.807) is 0 Å². The van der Waals surface area contributed by atoms with Crippen molar-refractivity contribution in [3.05, 3.63) is 24.3 Å². The Bertz CT molecular complexity index is 2530. The fourth-order valence-corrected chi connectivity index (χ4v) is 16.3. The molecule has 19 atom stereocenters. The van der Waals surface area contributed by atoms with Crippen molar-refractivity contribution < 1.29 is 122 Å². The maximum Gasteiger partial charge on any atom is 0.472 e. The van der Waals surface area contributed by atoms with E-state index in [0.717, 1.165) is 135 Å². The summed E-state index contributed by atoms with van der Waals surface area (Å²) < 4.78 is 73.4. The predicted octanol–water partition coefficient (Wildman–Crippen LogP) is 16.8. The number of phosphoric ester groups is 1. The Morgan fingerprint density at radius 3 is 1.13 bits per heavy atom. The zero-order valence-corrected chi connectivity index (χ0v) is 73.4. The third kappa shape index (κ3) is 48.7. The smallest absolute Gasteiger partial charge is 0.463 e. The Morgan fingerprint density at radius 2 is 0.698 bits per heavy atom. The third-order valence-corrected chi connectivity index (χ3v) is 23.8. The molecular weight excluding hydrogens is 1510 g/mol. The van der Waals surface area contributed by atoms with Crippen LogP contribution in [-0.2, 0) is 70.7 Å². The number of carbonyl (C=O) groups is 4. The summed E-state index contributed by atoms with van der Waals surface area (Å²) in [7, 11) is -5.81. The van der Waals surface area contributed by atoms with E-state index in [9.17, 15) is 74.6 Å². The van der Waals surface area contributed by atoms with Crippen molar-refractivity contribution in [1.29, 1.82) is 0 Å². The maximum atomic E-state index is 14.9. The molecule has 0 aromatic carbocycles. The van der Waals surface area contributed by atoms with Crippen LogP contribution in [0.4, 0.5) is 0 Å². The number of esters is 4. The zero-order chi connectivity index (χ0) is 84.8. The van der Waals surface area contributed by atoms with E-state index >= 15 is 0 Å². The first-order chi connectivity index (χ1) is 56.1. The molecule has 2 saturated heterocycles. The first kappa shape index (κ1) is 107. The molecule has 10 N–H and O–H groups in total. The number of unbranched alkanes of at least 4 members (excludes halogenated alkanes) is 42. The number of ether oxygens (including phenoxy) is 8. The van der Waals surface area contributed by atoms with Crippen molar-refractivity contribution in [3.8, 4) is 0 Å². The monoisotopic (exact) mass is 1680 g/mol. The van der Waals surface area contributed by atoms with Crippen LogP contribution in [0.25, 0.3) is 0 Å². The first-order valence-corrected chi connectivity index (χ1v) is 48.0. The van der Waals surface area contributed by atoms with Gasteiger partial charge in [0, 0.05) is 25.7 Å². The van der Waals surface area contributed by atoms with Gasteiger partial charge in [0.15, 0.2) is 24.8 Å². The summed E-state index contributed by atoms with van der Waals surface area (Å²) >= 11 is 0. The summed E-state index contributed by atoms with van der Waals surface area (Å²) in [5.41, 5.74) is 0. The van der Waals surface area contributed by atoms with Crippen LogP contribution in [0.2, 0.25) is 0 Å². The summed E-state index contributed by atoms with van der Waals surface area (Å²) in [5, 5.41) is 102. The van der Waals surface area contributed by atoms with Gasteiger partial charge in [-0.25, -0.2) is 4.57 Å². The summed E-state index contributed by atoms with van der Waals surface area (Å²) in [6.45, 7) is 7.88. The van der Waals surface area contributed by atoms with E-state index in [1.165, 1.54) is 148 Å². The highest BCUT2D eigenvalue weighted by molar-refractivity contribution is 7.47. The zero-order valence-electron chi connectivity index (χ0n) is 72.5. The van der Waals surface area contributed by atoms with Crippen molar-refractivity contribution in [3.63, 3.8) is 0 Å². The molecule has 2 heterocycles. The van der Waals surface area contributed by atoms with Crippen molar-refractivity contribution >= 4 is 31.7 Å². The van der Waals surface area contributed by atoms with Crippen LogP contribution in [0, 0.1) is 5.92 Å². The number of phosphoric acid groups is 1. The second kappa shape index (κ2) is 68.4. The van der Waals surface area contributed by atoms with E-state index in [4.69, 9.17) is 46.9 Å². The topological polar surface area (TPSA) is 380 Å². The van der Waals surface area contributed by atoms with Gasteiger partial charge in [0.05, 0.1) is 13.2 Å². The van der Waals surface area contributed by atoms with Crippen molar-refractivity contribution in [2.24, 2.45) is 5.92 Å². The van der Waals surface area contributed by atoms with E-state index in [2.05, 4.69) is 58.9 Å². The van der Waals surface area contributed by atoms with Gasteiger partial charge in [-0.05, 0) is 83.0 Å². The summed E-state index contributed by atoms with van der Waals surface area (Å²) in [6.07, 6.45) is 26.2. The molecule has 3 fully saturated rings. The van der Waals surface area contributed by atoms with Gasteiger partial charge in [-0.1, -0.05) is 309 Å². The lowest BCUT2D eigenvalue weighted by Gasteiger charge is -2.50. The number of aliphatic hydroxyl groups excluding tert-OH is 9. The second-order valence-corrected chi connectivity index (χ2v) is 34.8. The average molecular weight is 1680 g/mol. The molecule has 19 unspecified atom stereocenters. The molecule has 0 bridgehead atoms. The average Bonchev–Trinajstić information content (AvgIpc) is 0.754. The predicted molar refractivity (Wildman–Crippen MR) is 449 cm³/mol. The van der Waals surface area contributed by atoms with Crippen LogP contribution in [0.15, 0.2) is 24.3 Å². The quantitative estimate of drug-likeness (QED) is 0.00889. The number of rotatable bonds is 74. The lowest BCUT2D eigenvalue weighted by atomic mass is 9.84. The lowest BCUT2D eigenvalue weighted by Crippen LogP contribution is -2.70. The molecule has 3 rings (SSSR count). The van der Waals surface area contributed by atoms with Crippen molar-refractivity contribution in [2.45, 2.75) is 492 Å². The van der Waals surface area contributed by atoms with Gasteiger partial charge in [-0.15, -0.1) is 0 Å². The van der Waals surface area contributed by atoms with Gasteiger partial charge in [-0.2, -0.15) is 0 Å². The third-order valence-electron chi connectivity index (χ3n) is 22.8. The molecule has 680 valence electrons. The molecule has 116 heavy (non-hydrogen) atoms. The molecule has 1 aliphatic carbocycles. The number of carbonyl (C=O) groups excluding carboxylic acids is 4. The molecule has 0 aromatic rings. The molecule has 0 radical (unpaired) electrons. The van der Waals surface area contributed by atoms with E-state index in [-0.39, 0.29) is 25.7 Å². The van der Waals surface area contributed by atoms with Gasteiger partial charge < -0.3 is 88.7 Å². The fourth-order valence-electron chi connectivity index (χ4n) is 15.3. The van der Waals surface area contributed by atoms with Crippen LogP contribution in [0.5, 0.6) is 0 Å². The highest BCUT2D eigenvalue weighted by Gasteiger charge is 2.60. The van der Waals surface area contributed by atoms with Gasteiger partial charge in [-0.3, -0.25) is 28.2 Å². The highest BCUT2D eigenvalue weighted by atomic mass is 31.2. The Morgan fingerprint density at radius 1 is 0.362 bits per heavy atom. The van der Waals surface area contributed by atoms with Gasteiger partial charge in [0.25, 0.3) is 0 Å². The standard InChI is InChI=1S/C90H165O25P/c1-6-10-14-18-22-25-28-31-32-35-38-40-43-51-57-63-75(94)109-70(66-106-73(92)61-55-50-46-45-48-54-60-69(5)59-53-47-21-17-13-9-4)67-108-116(104,105)115-88-86(113-89-83(102)79(98)77(96)71(65-91)110-89)82(101)81(100)85(112-76(95)64-58-52-44-41-37-34-30-27-24-20-16-12-8-3)87(88)114-90-84(103)80(99)78(97)72(111-90)68-107-74(93)62-56-49-42-39-36-33-29-26-23-19-15-11-7-2/h25,28,33,36,69-72,77-91,96-103H,6-24,26-27,29-32,34-35,37-68H2,1-5H3,(H,104,105)/b28-25-,36-33-. The summed E-state index contributed by atoms with van der Waals surface area (Å²) in [5.74, 6) is -2.30. The van der Waals surface area contributed by atoms with Crippen molar-refractivity contribution in [1.82, 2.24) is 0 Å². The molecule has 0 amide bonds. The Kier molecular flexibility index (Phi) is 63.2. The van der Waals surface area contributed by atoms with Crippen LogP contribution in [-0.4, -0.2) is 205 Å².